The van der Waals surface area contributed by atoms with Crippen molar-refractivity contribution in [3.63, 3.8) is 0 Å². The van der Waals surface area contributed by atoms with Crippen molar-refractivity contribution >= 4 is 11.3 Å². The summed E-state index contributed by atoms with van der Waals surface area (Å²) in [6, 6.07) is 30.4. The third-order valence-corrected chi connectivity index (χ3v) is 5.16. The first-order chi connectivity index (χ1) is 14.2. The van der Waals surface area contributed by atoms with Crippen LogP contribution in [-0.4, -0.2) is 32.1 Å². The Kier molecular flexibility index (Phi) is 7.66. The summed E-state index contributed by atoms with van der Waals surface area (Å²) < 4.78 is 0. The Balaban J connectivity index is 1.93. The van der Waals surface area contributed by atoms with Crippen LogP contribution >= 0.6 is 0 Å². The highest BCUT2D eigenvalue weighted by Crippen LogP contribution is 2.31. The van der Waals surface area contributed by atoms with Gasteiger partial charge in [-0.1, -0.05) is 85.3 Å². The molecular weight excluding hydrogens is 352 g/mol. The van der Waals surface area contributed by atoms with Crippen molar-refractivity contribution in [1.82, 2.24) is 4.90 Å². The number of rotatable bonds is 9. The van der Waals surface area contributed by atoms with Crippen LogP contribution in [0.5, 0.6) is 0 Å². The minimum Gasteiger partial charge on any atom is -0.384 e. The van der Waals surface area contributed by atoms with E-state index in [1.165, 1.54) is 33.5 Å². The van der Waals surface area contributed by atoms with Crippen LogP contribution in [0.4, 0.5) is 5.69 Å². The molecule has 29 heavy (non-hydrogen) atoms. The molecule has 0 aliphatic carbocycles. The molecule has 0 saturated carbocycles. The highest BCUT2D eigenvalue weighted by Gasteiger charge is 2.12. The molecule has 2 heteroatoms. The second-order valence-corrected chi connectivity index (χ2v) is 7.67. The second-order valence-electron chi connectivity index (χ2n) is 7.67. The number of hydrogen-bond acceptors (Lipinski definition) is 2. The Morgan fingerprint density at radius 3 is 1.93 bits per heavy atom. The predicted octanol–water partition coefficient (Wildman–Crippen LogP) is 6.11. The van der Waals surface area contributed by atoms with Crippen LogP contribution in [0.3, 0.4) is 0 Å². The Morgan fingerprint density at radius 1 is 0.759 bits per heavy atom. The lowest BCUT2D eigenvalue weighted by molar-refractivity contribution is 0.425. The fourth-order valence-electron chi connectivity index (χ4n) is 3.59. The summed E-state index contributed by atoms with van der Waals surface area (Å²) in [7, 11) is 4.20. The monoisotopic (exact) mass is 384 g/mol. The van der Waals surface area contributed by atoms with E-state index in [2.05, 4.69) is 116 Å². The van der Waals surface area contributed by atoms with E-state index < -0.39 is 0 Å². The van der Waals surface area contributed by atoms with Crippen LogP contribution in [0.2, 0.25) is 0 Å². The highest BCUT2D eigenvalue weighted by molar-refractivity contribution is 5.83. The molecule has 3 aromatic carbocycles. The molecule has 0 aliphatic heterocycles. The largest absolute Gasteiger partial charge is 0.384 e. The van der Waals surface area contributed by atoms with Gasteiger partial charge in [-0.25, -0.2) is 0 Å². The van der Waals surface area contributed by atoms with Crippen LogP contribution in [0, 0.1) is 0 Å². The molecule has 0 bridgehead atoms. The summed E-state index contributed by atoms with van der Waals surface area (Å²) in [5.41, 5.74) is 7.92. The van der Waals surface area contributed by atoms with E-state index in [9.17, 15) is 0 Å². The number of likely N-dealkylation sites (N-methyl/N-ethyl adjacent to an activating group) is 1. The molecule has 2 nitrogen and oxygen atoms in total. The van der Waals surface area contributed by atoms with E-state index in [1.54, 1.807) is 0 Å². The Hall–Kier alpha value is -2.84. The zero-order valence-corrected chi connectivity index (χ0v) is 17.9. The summed E-state index contributed by atoms with van der Waals surface area (Å²) in [6.45, 7) is 4.23. The molecule has 0 heterocycles. The lowest BCUT2D eigenvalue weighted by Crippen LogP contribution is -2.20. The summed E-state index contributed by atoms with van der Waals surface area (Å²) in [4.78, 5) is 2.19. The molecule has 0 spiro atoms. The van der Waals surface area contributed by atoms with Crippen LogP contribution < -0.4 is 5.32 Å². The van der Waals surface area contributed by atoms with Crippen molar-refractivity contribution in [1.29, 1.82) is 0 Å². The van der Waals surface area contributed by atoms with Crippen molar-refractivity contribution in [3.05, 3.63) is 107 Å². The van der Waals surface area contributed by atoms with Gasteiger partial charge < -0.3 is 10.2 Å². The number of anilines is 1. The third-order valence-electron chi connectivity index (χ3n) is 5.16. The average molecular weight is 385 g/mol. The first-order valence-corrected chi connectivity index (χ1v) is 10.5. The fourth-order valence-corrected chi connectivity index (χ4v) is 3.59. The summed E-state index contributed by atoms with van der Waals surface area (Å²) in [5.74, 6) is 0. The van der Waals surface area contributed by atoms with Gasteiger partial charge in [-0.15, -0.1) is 0 Å². The molecule has 0 fully saturated rings. The Morgan fingerprint density at radius 2 is 1.34 bits per heavy atom. The van der Waals surface area contributed by atoms with Crippen LogP contribution in [-0.2, 0) is 6.42 Å². The zero-order chi connectivity index (χ0) is 20.5. The number of allylic oxidation sites excluding steroid dienone is 1. The van der Waals surface area contributed by atoms with Crippen molar-refractivity contribution in [2.75, 3.05) is 32.5 Å². The maximum absolute atomic E-state index is 3.51. The van der Waals surface area contributed by atoms with Crippen molar-refractivity contribution in [3.8, 4) is 0 Å². The maximum Gasteiger partial charge on any atom is 0.0341 e. The van der Waals surface area contributed by atoms with Gasteiger partial charge in [0.25, 0.3) is 0 Å². The van der Waals surface area contributed by atoms with Crippen LogP contribution in [0.1, 0.15) is 30.0 Å². The Labute approximate surface area is 175 Å². The molecule has 0 aliphatic rings. The molecule has 1 N–H and O–H groups in total. The molecule has 3 rings (SSSR count). The van der Waals surface area contributed by atoms with Gasteiger partial charge >= 0.3 is 0 Å². The van der Waals surface area contributed by atoms with Gasteiger partial charge in [-0.3, -0.25) is 0 Å². The van der Waals surface area contributed by atoms with Crippen molar-refractivity contribution in [2.24, 2.45) is 0 Å². The molecule has 150 valence electrons. The SMILES string of the molecule is CC/C(Cc1ccccc1)=C(\c1ccccc1)c1ccc(NCCN(C)C)cc1. The summed E-state index contributed by atoms with van der Waals surface area (Å²) in [5, 5.41) is 3.51. The molecule has 0 saturated heterocycles. The standard InChI is InChI=1S/C27H32N2/c1-4-23(21-22-11-7-5-8-12-22)27(24-13-9-6-10-14-24)25-15-17-26(18-16-25)28-19-20-29(2)3/h5-18,28H,4,19-21H2,1-3H3/b27-23-. The van der Waals surface area contributed by atoms with Gasteiger partial charge in [0.2, 0.25) is 0 Å². The molecule has 3 aromatic rings. The van der Waals surface area contributed by atoms with Crippen LogP contribution in [0.15, 0.2) is 90.5 Å². The lowest BCUT2D eigenvalue weighted by atomic mass is 9.88. The second kappa shape index (κ2) is 10.6. The van der Waals surface area contributed by atoms with E-state index in [-0.39, 0.29) is 0 Å². The summed E-state index contributed by atoms with van der Waals surface area (Å²) >= 11 is 0. The number of nitrogens with zero attached hydrogens (tertiary/aromatic N) is 1. The molecule has 0 aromatic heterocycles. The molecule has 0 amide bonds. The third kappa shape index (κ3) is 6.07. The minimum absolute atomic E-state index is 0.946. The van der Waals surface area contributed by atoms with Gasteiger partial charge in [0, 0.05) is 18.8 Å². The van der Waals surface area contributed by atoms with E-state index in [1.807, 2.05) is 0 Å². The maximum atomic E-state index is 3.51. The lowest BCUT2D eigenvalue weighted by Gasteiger charge is -2.17. The predicted molar refractivity (Wildman–Crippen MR) is 126 cm³/mol. The van der Waals surface area contributed by atoms with E-state index in [0.717, 1.165) is 25.9 Å². The van der Waals surface area contributed by atoms with E-state index in [0.29, 0.717) is 0 Å². The van der Waals surface area contributed by atoms with E-state index in [4.69, 9.17) is 0 Å². The summed E-state index contributed by atoms with van der Waals surface area (Å²) in [6.07, 6.45) is 2.01. The average Bonchev–Trinajstić information content (AvgIpc) is 2.75. The first kappa shape index (κ1) is 20.9. The normalized spacial score (nSPS) is 12.0. The van der Waals surface area contributed by atoms with Gasteiger partial charge in [0.15, 0.2) is 0 Å². The van der Waals surface area contributed by atoms with Gasteiger partial charge in [-0.05, 0) is 61.3 Å². The number of nitrogens with one attached hydrogen (secondary N) is 1. The van der Waals surface area contributed by atoms with Gasteiger partial charge in [0.05, 0.1) is 0 Å². The molecule has 0 atom stereocenters. The quantitative estimate of drug-likeness (QED) is 0.478. The molecule has 0 unspecified atom stereocenters. The number of hydrogen-bond donors (Lipinski definition) is 1. The number of benzene rings is 3. The topological polar surface area (TPSA) is 15.3 Å². The fraction of sp³-hybridized carbons (Fsp3) is 0.259. The Bertz CT molecular complexity index is 894. The van der Waals surface area contributed by atoms with Gasteiger partial charge in [0.1, 0.15) is 0 Å². The smallest absolute Gasteiger partial charge is 0.0341 e. The van der Waals surface area contributed by atoms with Crippen molar-refractivity contribution < 1.29 is 0 Å². The van der Waals surface area contributed by atoms with Gasteiger partial charge in [-0.2, -0.15) is 0 Å². The molecular formula is C27H32N2. The minimum atomic E-state index is 0.946. The van der Waals surface area contributed by atoms with Crippen LogP contribution in [0.25, 0.3) is 5.57 Å². The van der Waals surface area contributed by atoms with Crippen molar-refractivity contribution in [2.45, 2.75) is 19.8 Å². The van der Waals surface area contributed by atoms with E-state index >= 15 is 0 Å². The molecule has 0 radical (unpaired) electrons. The highest BCUT2D eigenvalue weighted by atomic mass is 15.1. The zero-order valence-electron chi connectivity index (χ0n) is 17.9. The first-order valence-electron chi connectivity index (χ1n) is 10.5.